The molecule has 1 fully saturated rings. The van der Waals surface area contributed by atoms with Gasteiger partial charge >= 0.3 is 5.97 Å². The lowest BCUT2D eigenvalue weighted by atomic mass is 9.90. The largest absolute Gasteiger partial charge is 0.458 e. The van der Waals surface area contributed by atoms with E-state index >= 15 is 0 Å². The van der Waals surface area contributed by atoms with Crippen molar-refractivity contribution >= 4 is 29.0 Å². The molecule has 0 bridgehead atoms. The van der Waals surface area contributed by atoms with Crippen molar-refractivity contribution in [2.45, 2.75) is 57.8 Å². The molecule has 156 valence electrons. The van der Waals surface area contributed by atoms with Gasteiger partial charge in [0.2, 0.25) is 5.95 Å². The zero-order valence-electron chi connectivity index (χ0n) is 16.7. The number of carbonyl (C=O) groups is 1. The molecule has 10 heteroatoms. The van der Waals surface area contributed by atoms with E-state index in [0.29, 0.717) is 24.2 Å². The molecule has 1 saturated heterocycles. The van der Waals surface area contributed by atoms with E-state index in [1.54, 1.807) is 6.92 Å². The molecule has 1 aliphatic rings. The van der Waals surface area contributed by atoms with E-state index in [-0.39, 0.29) is 29.2 Å². The minimum Gasteiger partial charge on any atom is -0.458 e. The van der Waals surface area contributed by atoms with Crippen LogP contribution in [0.5, 0.6) is 0 Å². The quantitative estimate of drug-likeness (QED) is 0.736. The zero-order chi connectivity index (χ0) is 21.3. The molecular formula is C19H23ClFN5O3. The summed E-state index contributed by atoms with van der Waals surface area (Å²) < 4.78 is 26.8. The van der Waals surface area contributed by atoms with Crippen LogP contribution in [0.25, 0.3) is 5.52 Å². The number of halogens is 2. The summed E-state index contributed by atoms with van der Waals surface area (Å²) in [7, 11) is 0. The molecule has 0 amide bonds. The van der Waals surface area contributed by atoms with Crippen LogP contribution in [0.3, 0.4) is 0 Å². The third kappa shape index (κ3) is 4.28. The van der Waals surface area contributed by atoms with Crippen LogP contribution in [0.4, 0.5) is 10.3 Å². The molecule has 29 heavy (non-hydrogen) atoms. The van der Waals surface area contributed by atoms with E-state index in [1.165, 1.54) is 31.5 Å². The van der Waals surface area contributed by atoms with Crippen LogP contribution in [-0.4, -0.2) is 51.6 Å². The Hall–Kier alpha value is -2.44. The number of anilines is 1. The molecule has 0 aliphatic carbocycles. The predicted molar refractivity (Wildman–Crippen MR) is 105 cm³/mol. The normalized spacial score (nSPS) is 20.9. The summed E-state index contributed by atoms with van der Waals surface area (Å²) in [5.74, 6) is -0.791. The number of carbonyl (C=O) groups excluding carboxylic acids is 1. The molecule has 2 aromatic rings. The van der Waals surface area contributed by atoms with Crippen LogP contribution in [0, 0.1) is 11.3 Å². The fourth-order valence-electron chi connectivity index (χ4n) is 3.30. The molecule has 0 radical (unpaired) electrons. The van der Waals surface area contributed by atoms with Gasteiger partial charge < -0.3 is 14.8 Å². The van der Waals surface area contributed by atoms with Crippen LogP contribution in [0.1, 0.15) is 51.3 Å². The Morgan fingerprint density at radius 3 is 2.93 bits per heavy atom. The molecule has 1 aliphatic heterocycles. The summed E-state index contributed by atoms with van der Waals surface area (Å²) in [6, 6.07) is 1.81. The topological polar surface area (TPSA) is 102 Å². The first kappa shape index (κ1) is 21.3. The minimum absolute atomic E-state index is 0.181. The van der Waals surface area contributed by atoms with Crippen molar-refractivity contribution in [3.05, 3.63) is 22.5 Å². The Labute approximate surface area is 172 Å². The molecule has 1 N–H and O–H groups in total. The first-order valence-corrected chi connectivity index (χ1v) is 9.69. The maximum atomic E-state index is 14.7. The molecule has 0 saturated carbocycles. The average Bonchev–Trinajstić information content (AvgIpc) is 2.92. The number of esters is 1. The number of fused-ring (bicyclic) bond motifs is 1. The molecule has 3 atom stereocenters. The highest BCUT2D eigenvalue weighted by atomic mass is 35.5. The number of rotatable bonds is 5. The fourth-order valence-corrected chi connectivity index (χ4v) is 3.57. The van der Waals surface area contributed by atoms with Gasteiger partial charge in [-0.1, -0.05) is 18.5 Å². The number of nitrogens with one attached hydrogen (secondary N) is 1. The molecule has 0 aromatic carbocycles. The van der Waals surface area contributed by atoms with Gasteiger partial charge in [0.1, 0.15) is 23.4 Å². The van der Waals surface area contributed by atoms with Crippen LogP contribution in [-0.2, 0) is 14.3 Å². The maximum absolute atomic E-state index is 14.7. The predicted octanol–water partition coefficient (Wildman–Crippen LogP) is 3.24. The molecular weight excluding hydrogens is 401 g/mol. The Kier molecular flexibility index (Phi) is 5.96. The molecule has 3 heterocycles. The second kappa shape index (κ2) is 8.13. The smallest absolute Gasteiger partial charge is 0.303 e. The Balaban J connectivity index is 2.01. The van der Waals surface area contributed by atoms with Crippen molar-refractivity contribution in [3.63, 3.8) is 0 Å². The highest BCUT2D eigenvalue weighted by molar-refractivity contribution is 6.35. The van der Waals surface area contributed by atoms with Crippen LogP contribution in [0.15, 0.2) is 6.20 Å². The number of ether oxygens (including phenoxy) is 2. The van der Waals surface area contributed by atoms with E-state index in [2.05, 4.69) is 21.5 Å². The minimum atomic E-state index is -1.59. The third-order valence-corrected chi connectivity index (χ3v) is 5.53. The number of nitriles is 1. The van der Waals surface area contributed by atoms with Gasteiger partial charge in [-0.3, -0.25) is 4.79 Å². The number of alkyl halides is 1. The highest BCUT2D eigenvalue weighted by Gasteiger charge is 2.34. The number of hydrogen-bond donors (Lipinski definition) is 1. The maximum Gasteiger partial charge on any atom is 0.303 e. The van der Waals surface area contributed by atoms with E-state index in [1.807, 2.05) is 0 Å². The summed E-state index contributed by atoms with van der Waals surface area (Å²) in [6.07, 6.45) is 1.60. The monoisotopic (exact) mass is 423 g/mol. The van der Waals surface area contributed by atoms with Gasteiger partial charge in [0, 0.05) is 19.4 Å². The lowest BCUT2D eigenvalue weighted by Crippen LogP contribution is -2.44. The van der Waals surface area contributed by atoms with Crippen molar-refractivity contribution < 1.29 is 18.7 Å². The number of nitrogens with zero attached hydrogens (tertiary/aromatic N) is 4. The second-order valence-corrected chi connectivity index (χ2v) is 7.99. The van der Waals surface area contributed by atoms with Crippen molar-refractivity contribution in [1.29, 1.82) is 5.26 Å². The van der Waals surface area contributed by atoms with E-state index in [0.717, 1.165) is 0 Å². The summed E-state index contributed by atoms with van der Waals surface area (Å²) in [5, 5.41) is 17.4. The SMILES string of the molecule is CC(=O)OC1COCCC1Nc1ncc2c(Cl)c(C#N)c(C(C)C(C)(C)F)n2n1. The molecule has 3 unspecified atom stereocenters. The summed E-state index contributed by atoms with van der Waals surface area (Å²) >= 11 is 6.34. The lowest BCUT2D eigenvalue weighted by Gasteiger charge is -2.31. The highest BCUT2D eigenvalue weighted by Crippen LogP contribution is 2.38. The fraction of sp³-hybridized carbons (Fsp3) is 0.579. The van der Waals surface area contributed by atoms with Gasteiger partial charge in [0.15, 0.2) is 0 Å². The lowest BCUT2D eigenvalue weighted by molar-refractivity contribution is -0.153. The molecule has 3 rings (SSSR count). The van der Waals surface area contributed by atoms with Crippen molar-refractivity contribution in [1.82, 2.24) is 14.6 Å². The van der Waals surface area contributed by atoms with Gasteiger partial charge in [-0.15, -0.1) is 5.10 Å². The van der Waals surface area contributed by atoms with Crippen molar-refractivity contribution in [2.24, 2.45) is 0 Å². The van der Waals surface area contributed by atoms with E-state index in [4.69, 9.17) is 21.1 Å². The van der Waals surface area contributed by atoms with E-state index in [9.17, 15) is 14.4 Å². The number of aromatic nitrogens is 3. The van der Waals surface area contributed by atoms with Crippen LogP contribution in [0.2, 0.25) is 5.02 Å². The standard InChI is InChI=1S/C19H23ClFN5O3/c1-10(19(3,4)21)17-12(7-22)16(20)14-8-23-18(25-26(14)17)24-13-5-6-28-9-15(13)29-11(2)27/h8,10,13,15H,5-6,9H2,1-4H3,(H,24,25). The summed E-state index contributed by atoms with van der Waals surface area (Å²) in [4.78, 5) is 15.6. The first-order valence-electron chi connectivity index (χ1n) is 9.31. The van der Waals surface area contributed by atoms with Crippen LogP contribution >= 0.6 is 11.6 Å². The van der Waals surface area contributed by atoms with Crippen molar-refractivity contribution in [3.8, 4) is 6.07 Å². The van der Waals surface area contributed by atoms with Gasteiger partial charge in [-0.05, 0) is 20.3 Å². The second-order valence-electron chi connectivity index (χ2n) is 7.61. The molecule has 0 spiro atoms. The van der Waals surface area contributed by atoms with E-state index < -0.39 is 23.7 Å². The Bertz CT molecular complexity index is 965. The summed E-state index contributed by atoms with van der Waals surface area (Å²) in [6.45, 7) is 6.68. The summed E-state index contributed by atoms with van der Waals surface area (Å²) in [5.41, 5.74) is -0.611. The third-order valence-electron chi connectivity index (χ3n) is 5.15. The van der Waals surface area contributed by atoms with Gasteiger partial charge in [-0.25, -0.2) is 13.9 Å². The number of hydrogen-bond acceptors (Lipinski definition) is 7. The average molecular weight is 424 g/mol. The first-order chi connectivity index (χ1) is 13.6. The van der Waals surface area contributed by atoms with Gasteiger partial charge in [-0.2, -0.15) is 5.26 Å². The Morgan fingerprint density at radius 2 is 2.31 bits per heavy atom. The van der Waals surface area contributed by atoms with Crippen LogP contribution < -0.4 is 5.32 Å². The van der Waals surface area contributed by atoms with Gasteiger partial charge in [0.05, 0.1) is 35.1 Å². The molecule has 8 nitrogen and oxygen atoms in total. The van der Waals surface area contributed by atoms with Gasteiger partial charge in [0.25, 0.3) is 0 Å². The Morgan fingerprint density at radius 1 is 1.59 bits per heavy atom. The zero-order valence-corrected chi connectivity index (χ0v) is 17.5. The van der Waals surface area contributed by atoms with Crippen molar-refractivity contribution in [2.75, 3.05) is 18.5 Å². The molecule has 2 aromatic heterocycles.